The van der Waals surface area contributed by atoms with Gasteiger partial charge in [-0.05, 0) is 44.5 Å². The molecule has 2 N–H and O–H groups in total. The average Bonchev–Trinajstić information content (AvgIpc) is 2.36. The Hall–Kier alpha value is -0.830. The van der Waals surface area contributed by atoms with Crippen LogP contribution in [0.15, 0.2) is 23.1 Å². The zero-order chi connectivity index (χ0) is 16.5. The maximum Gasteiger partial charge on any atom is 0.417 e. The smallest absolute Gasteiger partial charge is 0.314 e. The van der Waals surface area contributed by atoms with Gasteiger partial charge in [-0.3, -0.25) is 0 Å². The Morgan fingerprint density at radius 2 is 2.05 bits per heavy atom. The molecule has 124 valence electrons. The third-order valence-corrected chi connectivity index (χ3v) is 5.30. The van der Waals surface area contributed by atoms with E-state index in [0.717, 1.165) is 12.1 Å². The lowest BCUT2D eigenvalue weighted by atomic mass is 10.0. The Kier molecular flexibility index (Phi) is 5.06. The molecule has 2 rings (SSSR count). The summed E-state index contributed by atoms with van der Waals surface area (Å²) < 4.78 is 66.1. The summed E-state index contributed by atoms with van der Waals surface area (Å²) in [7, 11) is -4.27. The summed E-state index contributed by atoms with van der Waals surface area (Å²) in [6.07, 6.45) is -3.75. The second-order valence-corrected chi connectivity index (χ2v) is 7.45. The van der Waals surface area contributed by atoms with Gasteiger partial charge in [-0.25, -0.2) is 13.1 Å². The van der Waals surface area contributed by atoms with Crippen molar-refractivity contribution in [2.24, 2.45) is 0 Å². The summed E-state index contributed by atoms with van der Waals surface area (Å²) in [5, 5.41) is 2.98. The maximum atomic E-state index is 13.0. The number of hydrogen-bond donors (Lipinski definition) is 2. The van der Waals surface area contributed by atoms with Crippen molar-refractivity contribution in [2.75, 3.05) is 6.54 Å². The molecule has 1 fully saturated rings. The fraction of sp³-hybridized carbons (Fsp3) is 0.538. The van der Waals surface area contributed by atoms with Crippen LogP contribution in [-0.4, -0.2) is 27.0 Å². The molecule has 1 aromatic rings. The maximum absolute atomic E-state index is 13.0. The Morgan fingerprint density at radius 1 is 1.36 bits per heavy atom. The molecule has 0 amide bonds. The van der Waals surface area contributed by atoms with Crippen LogP contribution in [0.3, 0.4) is 0 Å². The van der Waals surface area contributed by atoms with E-state index in [-0.39, 0.29) is 11.1 Å². The lowest BCUT2D eigenvalue weighted by molar-refractivity contribution is -0.139. The second kappa shape index (κ2) is 6.35. The molecule has 0 aromatic heterocycles. The molecule has 0 spiro atoms. The van der Waals surface area contributed by atoms with Crippen molar-refractivity contribution in [1.29, 1.82) is 0 Å². The molecule has 1 aliphatic rings. The quantitative estimate of drug-likeness (QED) is 0.875. The van der Waals surface area contributed by atoms with Gasteiger partial charge in [-0.15, -0.1) is 0 Å². The lowest BCUT2D eigenvalue weighted by Crippen LogP contribution is -2.46. The van der Waals surface area contributed by atoms with Crippen LogP contribution in [0, 0.1) is 0 Å². The Balaban J connectivity index is 2.33. The molecule has 2 unspecified atom stereocenters. The van der Waals surface area contributed by atoms with Crippen molar-refractivity contribution in [3.8, 4) is 0 Å². The molecule has 2 atom stereocenters. The SMILES string of the molecule is CC1CC(NS(=O)(=O)c2ccc(Cl)cc2C(F)(F)F)CCN1. The molecule has 22 heavy (non-hydrogen) atoms. The third kappa shape index (κ3) is 4.13. The van der Waals surface area contributed by atoms with Crippen LogP contribution in [-0.2, 0) is 16.2 Å². The van der Waals surface area contributed by atoms with E-state index >= 15 is 0 Å². The second-order valence-electron chi connectivity index (χ2n) is 5.34. The highest BCUT2D eigenvalue weighted by atomic mass is 35.5. The zero-order valence-corrected chi connectivity index (χ0v) is 13.3. The predicted molar refractivity (Wildman–Crippen MR) is 77.3 cm³/mol. The van der Waals surface area contributed by atoms with Crippen molar-refractivity contribution >= 4 is 21.6 Å². The summed E-state index contributed by atoms with van der Waals surface area (Å²) >= 11 is 5.56. The van der Waals surface area contributed by atoms with E-state index < -0.39 is 32.7 Å². The van der Waals surface area contributed by atoms with E-state index in [2.05, 4.69) is 10.0 Å². The molecule has 1 heterocycles. The number of nitrogens with one attached hydrogen (secondary N) is 2. The predicted octanol–water partition coefficient (Wildman–Crippen LogP) is 2.78. The standard InChI is InChI=1S/C13H16ClF3N2O2S/c1-8-6-10(4-5-18-8)19-22(20,21)12-3-2-9(14)7-11(12)13(15,16)17/h2-3,7-8,10,18-19H,4-6H2,1H3. The highest BCUT2D eigenvalue weighted by Crippen LogP contribution is 2.36. The number of piperidine rings is 1. The van der Waals surface area contributed by atoms with Crippen LogP contribution in [0.25, 0.3) is 0 Å². The summed E-state index contributed by atoms with van der Waals surface area (Å²) in [6, 6.07) is 2.36. The highest BCUT2D eigenvalue weighted by molar-refractivity contribution is 7.89. The van der Waals surface area contributed by atoms with Crippen molar-refractivity contribution < 1.29 is 21.6 Å². The van der Waals surface area contributed by atoms with Gasteiger partial charge in [0.25, 0.3) is 0 Å². The highest BCUT2D eigenvalue weighted by Gasteiger charge is 2.38. The molecule has 1 aliphatic heterocycles. The average molecular weight is 357 g/mol. The summed E-state index contributed by atoms with van der Waals surface area (Å²) in [5.74, 6) is 0. The van der Waals surface area contributed by atoms with E-state index in [1.165, 1.54) is 0 Å². The van der Waals surface area contributed by atoms with Gasteiger partial charge in [-0.2, -0.15) is 13.2 Å². The van der Waals surface area contributed by atoms with Gasteiger partial charge in [0.1, 0.15) is 0 Å². The molecule has 1 saturated heterocycles. The molecule has 0 radical (unpaired) electrons. The van der Waals surface area contributed by atoms with Crippen LogP contribution >= 0.6 is 11.6 Å². The van der Waals surface area contributed by atoms with Crippen molar-refractivity contribution in [3.05, 3.63) is 28.8 Å². The van der Waals surface area contributed by atoms with Crippen LogP contribution in [0.1, 0.15) is 25.3 Å². The first kappa shape index (κ1) is 17.5. The van der Waals surface area contributed by atoms with Crippen molar-refractivity contribution in [2.45, 2.75) is 42.9 Å². The Morgan fingerprint density at radius 3 is 2.64 bits per heavy atom. The molecular weight excluding hydrogens is 341 g/mol. The summed E-state index contributed by atoms with van der Waals surface area (Å²) in [6.45, 7) is 2.50. The lowest BCUT2D eigenvalue weighted by Gasteiger charge is -2.28. The molecular formula is C13H16ClF3N2O2S. The number of halogens is 4. The fourth-order valence-electron chi connectivity index (χ4n) is 2.48. The Bertz CT molecular complexity index is 649. The summed E-state index contributed by atoms with van der Waals surface area (Å²) in [5.41, 5.74) is -1.26. The number of sulfonamides is 1. The molecule has 0 aliphatic carbocycles. The normalized spacial score (nSPS) is 23.5. The minimum atomic E-state index is -4.80. The van der Waals surface area contributed by atoms with Crippen molar-refractivity contribution in [1.82, 2.24) is 10.0 Å². The molecule has 4 nitrogen and oxygen atoms in total. The number of alkyl halides is 3. The topological polar surface area (TPSA) is 58.2 Å². The van der Waals surface area contributed by atoms with Gasteiger partial charge in [-0.1, -0.05) is 11.6 Å². The minimum Gasteiger partial charge on any atom is -0.314 e. The summed E-state index contributed by atoms with van der Waals surface area (Å²) in [4.78, 5) is -0.796. The van der Waals surface area contributed by atoms with Crippen molar-refractivity contribution in [3.63, 3.8) is 0 Å². The van der Waals surface area contributed by atoms with Gasteiger partial charge in [0.15, 0.2) is 0 Å². The van der Waals surface area contributed by atoms with E-state index in [1.54, 1.807) is 0 Å². The first-order valence-electron chi connectivity index (χ1n) is 6.72. The zero-order valence-electron chi connectivity index (χ0n) is 11.7. The molecule has 9 heteroatoms. The van der Waals surface area contributed by atoms with Gasteiger partial charge in [0.2, 0.25) is 10.0 Å². The van der Waals surface area contributed by atoms with Crippen LogP contribution < -0.4 is 10.0 Å². The van der Waals surface area contributed by atoms with E-state index in [4.69, 9.17) is 11.6 Å². The third-order valence-electron chi connectivity index (χ3n) is 3.48. The molecule has 0 saturated carbocycles. The molecule has 1 aromatic carbocycles. The number of rotatable bonds is 3. The van der Waals surface area contributed by atoms with Crippen LogP contribution in [0.4, 0.5) is 13.2 Å². The number of hydrogen-bond acceptors (Lipinski definition) is 3. The first-order valence-corrected chi connectivity index (χ1v) is 8.58. The van der Waals surface area contributed by atoms with E-state index in [1.807, 2.05) is 6.92 Å². The van der Waals surface area contributed by atoms with E-state index in [0.29, 0.717) is 25.5 Å². The van der Waals surface area contributed by atoms with Crippen LogP contribution in [0.2, 0.25) is 5.02 Å². The Labute approximate surface area is 132 Å². The van der Waals surface area contributed by atoms with Gasteiger partial charge in [0.05, 0.1) is 10.5 Å². The molecule has 0 bridgehead atoms. The van der Waals surface area contributed by atoms with Gasteiger partial charge >= 0.3 is 6.18 Å². The van der Waals surface area contributed by atoms with Gasteiger partial charge in [0, 0.05) is 17.1 Å². The monoisotopic (exact) mass is 356 g/mol. The van der Waals surface area contributed by atoms with Crippen LogP contribution in [0.5, 0.6) is 0 Å². The van der Waals surface area contributed by atoms with E-state index in [9.17, 15) is 21.6 Å². The fourth-order valence-corrected chi connectivity index (χ4v) is 4.14. The number of benzene rings is 1. The van der Waals surface area contributed by atoms with Gasteiger partial charge < -0.3 is 5.32 Å². The largest absolute Gasteiger partial charge is 0.417 e. The minimum absolute atomic E-state index is 0.105. The first-order chi connectivity index (χ1) is 10.1.